The Kier molecular flexibility index (Phi) is 11.1. The highest BCUT2D eigenvalue weighted by molar-refractivity contribution is 8.68. The van der Waals surface area contributed by atoms with Gasteiger partial charge >= 0.3 is 0 Å². The molecule has 1 N–H and O–H groups in total. The lowest BCUT2D eigenvalue weighted by Crippen LogP contribution is -2.67. The van der Waals surface area contributed by atoms with Gasteiger partial charge in [-0.2, -0.15) is 4.98 Å². The van der Waals surface area contributed by atoms with Crippen LogP contribution < -0.4 is 15.9 Å². The largest absolute Gasteiger partial charge is 0.405 e. The summed E-state index contributed by atoms with van der Waals surface area (Å²) in [6, 6.07) is 21.1. The summed E-state index contributed by atoms with van der Waals surface area (Å²) in [5.41, 5.74) is -1.41. The van der Waals surface area contributed by atoms with E-state index in [1.165, 1.54) is 15.9 Å². The zero-order chi connectivity index (χ0) is 38.5. The SMILES string of the molecule is C=C(C)[C@@H]1CC[C@]2(C)S[P@](=S)(O[C@H]3C[C@H](n4cnc5c(=O)[nH]c(N=CN(C)C)nc54)O[C@@H]3CO[Si](c3ccccc3)(c3ccccc3)C(C)(C)C)O[C@H]2C1. The predicted octanol–water partition coefficient (Wildman–Crippen LogP) is 7.08. The predicted molar refractivity (Wildman–Crippen MR) is 224 cm³/mol. The molecule has 54 heavy (non-hydrogen) atoms. The summed E-state index contributed by atoms with van der Waals surface area (Å²) < 4.78 is 29.9. The van der Waals surface area contributed by atoms with Crippen LogP contribution in [-0.2, 0) is 30.0 Å². The Morgan fingerprint density at radius 1 is 1.19 bits per heavy atom. The van der Waals surface area contributed by atoms with E-state index in [2.05, 4.69) is 110 Å². The molecule has 2 aliphatic heterocycles. The highest BCUT2D eigenvalue weighted by atomic mass is 32.9. The highest BCUT2D eigenvalue weighted by Crippen LogP contribution is 2.76. The van der Waals surface area contributed by atoms with Gasteiger partial charge in [0.1, 0.15) is 12.3 Å². The molecule has 2 saturated heterocycles. The minimum Gasteiger partial charge on any atom is -0.405 e. The summed E-state index contributed by atoms with van der Waals surface area (Å²) >= 11 is 8.04. The first-order valence-electron chi connectivity index (χ1n) is 18.5. The number of imidazole rings is 1. The number of hydrogen-bond donors (Lipinski definition) is 1. The lowest BCUT2D eigenvalue weighted by Gasteiger charge is -2.43. The first-order valence-corrected chi connectivity index (χ1v) is 24.5. The number of nitrogens with one attached hydrogen (secondary N) is 1. The molecule has 2 aromatic heterocycles. The Bertz CT molecular complexity index is 2090. The van der Waals surface area contributed by atoms with Gasteiger partial charge in [-0.15, -0.1) is 0 Å². The highest BCUT2D eigenvalue weighted by Gasteiger charge is 2.56. The number of allylic oxidation sites excluding steroid dienone is 1. The monoisotopic (exact) mass is 806 g/mol. The zero-order valence-corrected chi connectivity index (χ0v) is 35.6. The van der Waals surface area contributed by atoms with E-state index in [4.69, 9.17) is 30.0 Å². The minimum atomic E-state index is -2.92. The molecule has 4 heterocycles. The van der Waals surface area contributed by atoms with Crippen LogP contribution in [0.4, 0.5) is 5.95 Å². The average Bonchev–Trinajstić information content (AvgIpc) is 3.80. The summed E-state index contributed by atoms with van der Waals surface area (Å²) in [6.45, 7) is 15.7. The van der Waals surface area contributed by atoms with Crippen molar-refractivity contribution in [2.75, 3.05) is 20.7 Å². The average molecular weight is 807 g/mol. The van der Waals surface area contributed by atoms with Crippen molar-refractivity contribution in [3.05, 3.63) is 89.5 Å². The lowest BCUT2D eigenvalue weighted by atomic mass is 9.77. The number of aromatic nitrogens is 4. The molecular formula is C39H51N6O5PS2Si. The maximum atomic E-state index is 13.1. The van der Waals surface area contributed by atoms with Crippen molar-refractivity contribution in [1.29, 1.82) is 0 Å². The van der Waals surface area contributed by atoms with Crippen molar-refractivity contribution in [2.24, 2.45) is 10.9 Å². The van der Waals surface area contributed by atoms with Crippen LogP contribution in [0.1, 0.15) is 66.5 Å². The summed E-state index contributed by atoms with van der Waals surface area (Å²) in [4.78, 5) is 31.1. The maximum Gasteiger partial charge on any atom is 0.280 e. The van der Waals surface area contributed by atoms with Gasteiger partial charge in [0.15, 0.2) is 11.2 Å². The Balaban J connectivity index is 1.25. The van der Waals surface area contributed by atoms with Gasteiger partial charge in [0.25, 0.3) is 13.9 Å². The van der Waals surface area contributed by atoms with Crippen molar-refractivity contribution in [3.63, 3.8) is 0 Å². The van der Waals surface area contributed by atoms with Gasteiger partial charge in [0.2, 0.25) is 11.6 Å². The van der Waals surface area contributed by atoms with E-state index in [9.17, 15) is 4.79 Å². The fourth-order valence-electron chi connectivity index (χ4n) is 8.06. The first kappa shape index (κ1) is 39.3. The van der Waals surface area contributed by atoms with Crippen molar-refractivity contribution < 1.29 is 18.2 Å². The molecule has 15 heteroatoms. The van der Waals surface area contributed by atoms with E-state index in [0.29, 0.717) is 18.0 Å². The Morgan fingerprint density at radius 2 is 1.85 bits per heavy atom. The molecule has 1 aliphatic carbocycles. The van der Waals surface area contributed by atoms with Crippen molar-refractivity contribution in [2.45, 2.75) is 94.6 Å². The smallest absolute Gasteiger partial charge is 0.280 e. The summed E-state index contributed by atoms with van der Waals surface area (Å²) in [6.07, 6.45) is 5.03. The van der Waals surface area contributed by atoms with Gasteiger partial charge in [-0.25, -0.2) is 9.98 Å². The van der Waals surface area contributed by atoms with Crippen molar-refractivity contribution in [3.8, 4) is 0 Å². The molecule has 0 bridgehead atoms. The number of nitrogens with zero attached hydrogens (tertiary/aromatic N) is 5. The van der Waals surface area contributed by atoms with Crippen LogP contribution in [0.2, 0.25) is 5.04 Å². The fraction of sp³-hybridized carbons (Fsp3) is 0.487. The summed E-state index contributed by atoms with van der Waals surface area (Å²) in [5, 5.41) is 2.12. The zero-order valence-electron chi connectivity index (χ0n) is 32.1. The third kappa shape index (κ3) is 7.60. The summed E-state index contributed by atoms with van der Waals surface area (Å²) in [7, 11) is 0.772. The second kappa shape index (κ2) is 15.2. The van der Waals surface area contributed by atoms with E-state index in [-0.39, 0.29) is 39.5 Å². The van der Waals surface area contributed by atoms with Gasteiger partial charge in [-0.05, 0) is 66.2 Å². The molecule has 3 fully saturated rings. The molecule has 7 atom stereocenters. The molecule has 3 aliphatic rings. The topological polar surface area (TPSA) is 116 Å². The fourth-order valence-corrected chi connectivity index (χ4v) is 20.2. The number of hydrogen-bond acceptors (Lipinski definition) is 10. The molecular weight excluding hydrogens is 756 g/mol. The molecule has 288 valence electrons. The van der Waals surface area contributed by atoms with Gasteiger partial charge < -0.3 is 23.1 Å². The molecule has 2 aromatic carbocycles. The van der Waals surface area contributed by atoms with Crippen LogP contribution >= 0.6 is 17.1 Å². The molecule has 1 saturated carbocycles. The number of ether oxygens (including phenoxy) is 1. The molecule has 4 aromatic rings. The third-order valence-electron chi connectivity index (χ3n) is 10.9. The van der Waals surface area contributed by atoms with Crippen molar-refractivity contribution in [1.82, 2.24) is 24.4 Å². The van der Waals surface area contributed by atoms with Crippen molar-refractivity contribution >= 4 is 71.0 Å². The molecule has 0 unspecified atom stereocenters. The second-order valence-electron chi connectivity index (χ2n) is 16.2. The molecule has 11 nitrogen and oxygen atoms in total. The first-order chi connectivity index (χ1) is 25.6. The Labute approximate surface area is 328 Å². The van der Waals surface area contributed by atoms with Crippen LogP contribution in [0.25, 0.3) is 11.2 Å². The number of aromatic amines is 1. The van der Waals surface area contributed by atoms with Crippen LogP contribution in [0.15, 0.2) is 88.9 Å². The van der Waals surface area contributed by atoms with Crippen LogP contribution in [-0.4, -0.2) is 82.8 Å². The van der Waals surface area contributed by atoms with Crippen LogP contribution in [0, 0.1) is 5.92 Å². The van der Waals surface area contributed by atoms with E-state index in [1.54, 1.807) is 33.5 Å². The maximum absolute atomic E-state index is 13.1. The standard InChI is InChI=1S/C39H51N6O5PS2Si/c1-26(2)27-19-20-39(6)32(21-27)50-51(52,53-39)49-30-22-33(45-25-40-34-35(45)42-37(43-36(34)46)41-24-44(7)8)48-31(30)23-47-54(38(3,4)5,28-15-11-9-12-16-28)29-17-13-10-14-18-29/h9-18,24-25,27,30-33H,1,19-23H2,2-8H3,(H,42,43,46)/t27-,30+,31-,32+,33-,39+,51-/m1/s1. The van der Waals surface area contributed by atoms with E-state index in [1.807, 2.05) is 26.2 Å². The second-order valence-corrected chi connectivity index (χ2v) is 27.0. The van der Waals surface area contributed by atoms with Gasteiger partial charge in [0.05, 0.1) is 31.5 Å². The quantitative estimate of drug-likeness (QED) is 0.0555. The normalized spacial score (nSPS) is 28.8. The number of H-pyrrole nitrogens is 1. The van der Waals surface area contributed by atoms with E-state index < -0.39 is 32.4 Å². The third-order valence-corrected chi connectivity index (χ3v) is 21.7. The Hall–Kier alpha value is -2.94. The number of aliphatic imine (C=N–C) groups is 1. The lowest BCUT2D eigenvalue weighted by molar-refractivity contribution is -0.0364. The van der Waals surface area contributed by atoms with Gasteiger partial charge in [0, 0.05) is 25.3 Å². The van der Waals surface area contributed by atoms with Crippen LogP contribution in [0.5, 0.6) is 0 Å². The number of fused-ring (bicyclic) bond motifs is 2. The van der Waals surface area contributed by atoms with Gasteiger partial charge in [-0.3, -0.25) is 14.3 Å². The number of rotatable bonds is 11. The number of benzene rings is 2. The molecule has 0 amide bonds. The van der Waals surface area contributed by atoms with E-state index in [0.717, 1.165) is 19.3 Å². The minimum absolute atomic E-state index is 0.0108. The van der Waals surface area contributed by atoms with Crippen LogP contribution in [0.3, 0.4) is 0 Å². The van der Waals surface area contributed by atoms with Gasteiger partial charge in [-0.1, -0.05) is 105 Å². The molecule has 0 radical (unpaired) electrons. The summed E-state index contributed by atoms with van der Waals surface area (Å²) in [5.74, 6) is 0.588. The molecule has 7 rings (SSSR count). The van der Waals surface area contributed by atoms with E-state index >= 15 is 0 Å². The Morgan fingerprint density at radius 3 is 2.46 bits per heavy atom. The molecule has 0 spiro atoms.